The third-order valence-electron chi connectivity index (χ3n) is 7.49. The van der Waals surface area contributed by atoms with Crippen LogP contribution in [-0.2, 0) is 4.79 Å². The number of nitrogens with zero attached hydrogens (tertiary/aromatic N) is 6. The number of nitriles is 1. The standard InChI is InChI=1S/C29H32N6O2/c1-4-25(36)34-14-16-35(17-15-34)28-24(18-30)27(23-12-6-10-21-9-5-8-20(2)26(21)23)31-29(32-28)37-19-22-11-7-13-33(22)3/h4-6,8-10,12,22H,1,7,11,13-17,19H2,2-3H3/t22-/m0/s1. The molecule has 2 fully saturated rings. The first-order chi connectivity index (χ1) is 18.0. The lowest BCUT2D eigenvalue weighted by Crippen LogP contribution is -2.48. The van der Waals surface area contributed by atoms with E-state index in [2.05, 4.69) is 54.6 Å². The Kier molecular flexibility index (Phi) is 7.06. The number of fused-ring (bicyclic) bond motifs is 1. The number of anilines is 1. The van der Waals surface area contributed by atoms with Crippen molar-refractivity contribution >= 4 is 22.5 Å². The lowest BCUT2D eigenvalue weighted by atomic mass is 9.96. The Balaban J connectivity index is 1.58. The lowest BCUT2D eigenvalue weighted by Gasteiger charge is -2.35. The molecule has 0 bridgehead atoms. The quantitative estimate of drug-likeness (QED) is 0.480. The molecule has 37 heavy (non-hydrogen) atoms. The number of hydrogen-bond donors (Lipinski definition) is 0. The summed E-state index contributed by atoms with van der Waals surface area (Å²) in [5.41, 5.74) is 3.00. The largest absolute Gasteiger partial charge is 0.462 e. The van der Waals surface area contributed by atoms with Crippen LogP contribution in [0.5, 0.6) is 6.01 Å². The SMILES string of the molecule is C=CC(=O)N1CCN(c2nc(OC[C@@H]3CCCN3C)nc(-c3cccc4cccc(C)c34)c2C#N)CC1. The van der Waals surface area contributed by atoms with Crippen LogP contribution in [-0.4, -0.2) is 78.1 Å². The Morgan fingerprint density at radius 2 is 1.92 bits per heavy atom. The van der Waals surface area contributed by atoms with E-state index in [0.717, 1.165) is 41.3 Å². The smallest absolute Gasteiger partial charge is 0.319 e. The fraction of sp³-hybridized carbons (Fsp3) is 0.379. The number of ether oxygens (including phenoxy) is 1. The summed E-state index contributed by atoms with van der Waals surface area (Å²) in [6, 6.07) is 15.2. The van der Waals surface area contributed by atoms with Gasteiger partial charge in [-0.05, 0) is 55.8 Å². The molecule has 0 spiro atoms. The number of carbonyl (C=O) groups is 1. The van der Waals surface area contributed by atoms with Crippen LogP contribution in [0.2, 0.25) is 0 Å². The van der Waals surface area contributed by atoms with Crippen LogP contribution in [0.1, 0.15) is 24.0 Å². The summed E-state index contributed by atoms with van der Waals surface area (Å²) in [4.78, 5) is 27.8. The van der Waals surface area contributed by atoms with Gasteiger partial charge >= 0.3 is 6.01 Å². The number of carbonyl (C=O) groups excluding carboxylic acids is 1. The van der Waals surface area contributed by atoms with Crippen molar-refractivity contribution in [2.75, 3.05) is 51.3 Å². The molecule has 8 nitrogen and oxygen atoms in total. The van der Waals surface area contributed by atoms with Crippen molar-refractivity contribution in [3.63, 3.8) is 0 Å². The molecule has 2 aromatic carbocycles. The van der Waals surface area contributed by atoms with Gasteiger partial charge in [0, 0.05) is 37.8 Å². The molecule has 3 aromatic rings. The lowest BCUT2D eigenvalue weighted by molar-refractivity contribution is -0.126. The molecule has 3 heterocycles. The Morgan fingerprint density at radius 3 is 2.59 bits per heavy atom. The summed E-state index contributed by atoms with van der Waals surface area (Å²) in [5.74, 6) is 0.470. The molecule has 0 saturated carbocycles. The average Bonchev–Trinajstić information content (AvgIpc) is 3.35. The first-order valence-corrected chi connectivity index (χ1v) is 12.8. The highest BCUT2D eigenvalue weighted by Gasteiger charge is 2.28. The number of likely N-dealkylation sites (tertiary alicyclic amines) is 1. The van der Waals surface area contributed by atoms with Crippen molar-refractivity contribution < 1.29 is 9.53 Å². The minimum absolute atomic E-state index is 0.0838. The van der Waals surface area contributed by atoms with Crippen LogP contribution in [0.15, 0.2) is 49.1 Å². The molecule has 8 heteroatoms. The molecular weight excluding hydrogens is 464 g/mol. The minimum atomic E-state index is -0.0838. The Morgan fingerprint density at radius 1 is 1.16 bits per heavy atom. The van der Waals surface area contributed by atoms with Crippen LogP contribution >= 0.6 is 0 Å². The van der Waals surface area contributed by atoms with Crippen LogP contribution in [0.25, 0.3) is 22.0 Å². The van der Waals surface area contributed by atoms with Crippen molar-refractivity contribution in [2.24, 2.45) is 0 Å². The summed E-state index contributed by atoms with van der Waals surface area (Å²) in [7, 11) is 2.11. The van der Waals surface area contributed by atoms with Crippen molar-refractivity contribution in [1.29, 1.82) is 5.26 Å². The third-order valence-corrected chi connectivity index (χ3v) is 7.49. The Labute approximate surface area is 217 Å². The molecule has 0 unspecified atom stereocenters. The van der Waals surface area contributed by atoms with Gasteiger partial charge < -0.3 is 19.4 Å². The highest BCUT2D eigenvalue weighted by Crippen LogP contribution is 2.36. The predicted molar refractivity (Wildman–Crippen MR) is 145 cm³/mol. The number of likely N-dealkylation sites (N-methyl/N-ethyl adjacent to an activating group) is 1. The van der Waals surface area contributed by atoms with E-state index in [1.807, 2.05) is 18.2 Å². The van der Waals surface area contributed by atoms with Gasteiger partial charge in [0.15, 0.2) is 5.82 Å². The number of aromatic nitrogens is 2. The maximum atomic E-state index is 12.1. The van der Waals surface area contributed by atoms with E-state index < -0.39 is 0 Å². The van der Waals surface area contributed by atoms with Crippen LogP contribution < -0.4 is 9.64 Å². The predicted octanol–water partition coefficient (Wildman–Crippen LogP) is 3.78. The van der Waals surface area contributed by atoms with Gasteiger partial charge in [0.1, 0.15) is 18.2 Å². The second kappa shape index (κ2) is 10.6. The zero-order chi connectivity index (χ0) is 25.9. The van der Waals surface area contributed by atoms with E-state index in [1.54, 1.807) is 4.90 Å². The number of benzene rings is 2. The number of amides is 1. The zero-order valence-corrected chi connectivity index (χ0v) is 21.5. The van der Waals surface area contributed by atoms with Gasteiger partial charge in [-0.1, -0.05) is 43.0 Å². The minimum Gasteiger partial charge on any atom is -0.462 e. The molecule has 0 radical (unpaired) electrons. The Bertz CT molecular complexity index is 1370. The molecule has 0 aliphatic carbocycles. The third kappa shape index (κ3) is 4.87. The van der Waals surface area contributed by atoms with Crippen molar-refractivity contribution in [3.05, 3.63) is 60.2 Å². The van der Waals surface area contributed by atoms with Gasteiger partial charge in [0.05, 0.1) is 5.69 Å². The summed E-state index contributed by atoms with van der Waals surface area (Å²) in [5, 5.41) is 12.5. The fourth-order valence-corrected chi connectivity index (χ4v) is 5.37. The van der Waals surface area contributed by atoms with Gasteiger partial charge in [-0.3, -0.25) is 4.79 Å². The van der Waals surface area contributed by atoms with Crippen LogP contribution in [0.3, 0.4) is 0 Å². The first kappa shape index (κ1) is 24.7. The summed E-state index contributed by atoms with van der Waals surface area (Å²) in [6.45, 7) is 9.41. The van der Waals surface area contributed by atoms with E-state index in [0.29, 0.717) is 55.9 Å². The normalized spacial score (nSPS) is 18.1. The summed E-state index contributed by atoms with van der Waals surface area (Å²) >= 11 is 0. The molecular formula is C29H32N6O2. The zero-order valence-electron chi connectivity index (χ0n) is 21.5. The molecule has 2 aliphatic rings. The van der Waals surface area contributed by atoms with Gasteiger partial charge in [0.25, 0.3) is 0 Å². The van der Waals surface area contributed by atoms with Crippen molar-refractivity contribution in [1.82, 2.24) is 19.8 Å². The van der Waals surface area contributed by atoms with Crippen molar-refractivity contribution in [3.8, 4) is 23.3 Å². The summed E-state index contributed by atoms with van der Waals surface area (Å²) in [6.07, 6.45) is 3.57. The number of rotatable bonds is 6. The number of aryl methyl sites for hydroxylation is 1. The van der Waals surface area contributed by atoms with Crippen LogP contribution in [0, 0.1) is 18.3 Å². The number of hydrogen-bond acceptors (Lipinski definition) is 7. The summed E-state index contributed by atoms with van der Waals surface area (Å²) < 4.78 is 6.19. The van der Waals surface area contributed by atoms with Crippen molar-refractivity contribution in [2.45, 2.75) is 25.8 Å². The molecule has 1 aromatic heterocycles. The van der Waals surface area contributed by atoms with Gasteiger partial charge in [0.2, 0.25) is 5.91 Å². The topological polar surface area (TPSA) is 85.6 Å². The van der Waals surface area contributed by atoms with E-state index in [9.17, 15) is 10.1 Å². The van der Waals surface area contributed by atoms with E-state index in [1.165, 1.54) is 6.08 Å². The monoisotopic (exact) mass is 496 g/mol. The van der Waals surface area contributed by atoms with E-state index in [4.69, 9.17) is 14.7 Å². The maximum absolute atomic E-state index is 12.1. The fourth-order valence-electron chi connectivity index (χ4n) is 5.37. The number of piperazine rings is 1. The molecule has 0 N–H and O–H groups in total. The second-order valence-electron chi connectivity index (χ2n) is 9.75. The van der Waals surface area contributed by atoms with E-state index >= 15 is 0 Å². The molecule has 1 atom stereocenters. The van der Waals surface area contributed by atoms with E-state index in [-0.39, 0.29) is 11.9 Å². The molecule has 5 rings (SSSR count). The molecule has 2 aliphatic heterocycles. The molecule has 190 valence electrons. The first-order valence-electron chi connectivity index (χ1n) is 12.8. The molecule has 2 saturated heterocycles. The second-order valence-corrected chi connectivity index (χ2v) is 9.75. The van der Waals surface area contributed by atoms with Gasteiger partial charge in [-0.25, -0.2) is 0 Å². The maximum Gasteiger partial charge on any atom is 0.319 e. The molecule has 1 amide bonds. The highest BCUT2D eigenvalue weighted by atomic mass is 16.5. The Hall–Kier alpha value is -3.96. The van der Waals surface area contributed by atoms with Gasteiger partial charge in [-0.15, -0.1) is 0 Å². The van der Waals surface area contributed by atoms with Crippen LogP contribution in [0.4, 0.5) is 5.82 Å². The average molecular weight is 497 g/mol. The van der Waals surface area contributed by atoms with Gasteiger partial charge in [-0.2, -0.15) is 15.2 Å². The highest BCUT2D eigenvalue weighted by molar-refractivity contribution is 5.99.